The summed E-state index contributed by atoms with van der Waals surface area (Å²) in [5.41, 5.74) is 1.65. The maximum atomic E-state index is 8.91. The Kier molecular flexibility index (Phi) is 4.41. The molecule has 0 fully saturated rings. The molecular weight excluding hydrogens is 228 g/mol. The maximum Gasteiger partial charge on any atom is 0.243 e. The number of nitrogens with one attached hydrogen (secondary N) is 1. The zero-order valence-electron chi connectivity index (χ0n) is 10.5. The molecule has 0 bridgehead atoms. The molecule has 18 heavy (non-hydrogen) atoms. The van der Waals surface area contributed by atoms with E-state index in [-0.39, 0.29) is 6.61 Å². The molecule has 1 aromatic carbocycles. The average molecular weight is 246 g/mol. The third-order valence-corrected chi connectivity index (χ3v) is 2.83. The number of hydrogen-bond acceptors (Lipinski definition) is 5. The van der Waals surface area contributed by atoms with E-state index in [9.17, 15) is 0 Å². The molecule has 0 aliphatic carbocycles. The quantitative estimate of drug-likeness (QED) is 0.761. The lowest BCUT2D eigenvalue weighted by Crippen LogP contribution is -2.09. The zero-order valence-corrected chi connectivity index (χ0v) is 10.5. The van der Waals surface area contributed by atoms with Gasteiger partial charge in [-0.15, -0.1) is 10.2 Å². The summed E-state index contributed by atoms with van der Waals surface area (Å²) < 4.78 is 0. The second kappa shape index (κ2) is 6.26. The van der Waals surface area contributed by atoms with Crippen LogP contribution < -0.4 is 5.32 Å². The van der Waals surface area contributed by atoms with Crippen LogP contribution in [0.5, 0.6) is 0 Å². The Morgan fingerprint density at radius 2 is 2.00 bits per heavy atom. The van der Waals surface area contributed by atoms with Crippen LogP contribution in [0.2, 0.25) is 0 Å². The number of aromatic nitrogens is 3. The van der Waals surface area contributed by atoms with Crippen LogP contribution in [0.3, 0.4) is 0 Å². The van der Waals surface area contributed by atoms with E-state index in [0.717, 1.165) is 30.4 Å². The number of aliphatic hydroxyl groups is 1. The molecule has 1 atom stereocenters. The van der Waals surface area contributed by atoms with E-state index < -0.39 is 0 Å². The Morgan fingerprint density at radius 3 is 2.78 bits per heavy atom. The number of benzene rings is 1. The average Bonchev–Trinajstić information content (AvgIpc) is 2.43. The molecule has 5 nitrogen and oxygen atoms in total. The normalized spacial score (nSPS) is 12.6. The van der Waals surface area contributed by atoms with Crippen molar-refractivity contribution in [2.45, 2.75) is 19.8 Å². The van der Waals surface area contributed by atoms with E-state index in [1.807, 2.05) is 31.2 Å². The Labute approximate surface area is 106 Å². The van der Waals surface area contributed by atoms with E-state index >= 15 is 0 Å². The summed E-state index contributed by atoms with van der Waals surface area (Å²) in [6, 6.07) is 7.66. The van der Waals surface area contributed by atoms with E-state index in [1.54, 1.807) is 0 Å². The predicted octanol–water partition coefficient (Wildman–Crippen LogP) is 1.85. The molecule has 0 spiro atoms. The van der Waals surface area contributed by atoms with Gasteiger partial charge in [-0.3, -0.25) is 0 Å². The van der Waals surface area contributed by atoms with Crippen molar-refractivity contribution in [1.29, 1.82) is 0 Å². The van der Waals surface area contributed by atoms with Gasteiger partial charge in [0, 0.05) is 13.2 Å². The lowest BCUT2D eigenvalue weighted by Gasteiger charge is -2.08. The highest BCUT2D eigenvalue weighted by molar-refractivity contribution is 5.73. The Hall–Kier alpha value is -1.75. The van der Waals surface area contributed by atoms with Crippen LogP contribution >= 0.6 is 0 Å². The number of anilines is 1. The molecule has 0 aliphatic heterocycles. The zero-order chi connectivity index (χ0) is 12.8. The smallest absolute Gasteiger partial charge is 0.243 e. The second-order valence-corrected chi connectivity index (χ2v) is 4.48. The number of hydrogen-bond donors (Lipinski definition) is 2. The number of aliphatic hydroxyl groups excluding tert-OH is 1. The molecule has 1 aromatic heterocycles. The van der Waals surface area contributed by atoms with Gasteiger partial charge >= 0.3 is 0 Å². The number of rotatable bonds is 6. The molecule has 2 N–H and O–H groups in total. The van der Waals surface area contributed by atoms with Crippen LogP contribution in [-0.4, -0.2) is 33.4 Å². The van der Waals surface area contributed by atoms with Gasteiger partial charge in [0.25, 0.3) is 0 Å². The standard InChI is InChI=1S/C13H18N4O/c1-10(9-18)5-4-8-14-13-15-11-6-2-3-7-12(11)16-17-13/h2-3,6-7,10,18H,4-5,8-9H2,1H3,(H,14,15,17). The first-order valence-corrected chi connectivity index (χ1v) is 6.24. The highest BCUT2D eigenvalue weighted by Gasteiger charge is 2.02. The molecule has 1 heterocycles. The van der Waals surface area contributed by atoms with Crippen molar-refractivity contribution >= 4 is 17.0 Å². The van der Waals surface area contributed by atoms with Crippen LogP contribution in [0.25, 0.3) is 11.0 Å². The van der Waals surface area contributed by atoms with E-state index in [2.05, 4.69) is 20.5 Å². The van der Waals surface area contributed by atoms with Gasteiger partial charge in [-0.25, -0.2) is 4.98 Å². The van der Waals surface area contributed by atoms with Gasteiger partial charge in [0.2, 0.25) is 5.95 Å². The summed E-state index contributed by atoms with van der Waals surface area (Å²) in [4.78, 5) is 4.38. The summed E-state index contributed by atoms with van der Waals surface area (Å²) in [5.74, 6) is 0.910. The SMILES string of the molecule is CC(CO)CCCNc1nnc2ccccc2n1. The molecule has 2 aromatic rings. The molecule has 0 saturated heterocycles. The van der Waals surface area contributed by atoms with Gasteiger partial charge in [0.05, 0.1) is 5.52 Å². The molecule has 1 unspecified atom stereocenters. The lowest BCUT2D eigenvalue weighted by molar-refractivity contribution is 0.229. The topological polar surface area (TPSA) is 70.9 Å². The largest absolute Gasteiger partial charge is 0.396 e. The minimum Gasteiger partial charge on any atom is -0.396 e. The fraction of sp³-hybridized carbons (Fsp3) is 0.462. The fourth-order valence-electron chi connectivity index (χ4n) is 1.70. The Bertz CT molecular complexity index is 503. The van der Waals surface area contributed by atoms with Crippen molar-refractivity contribution in [3.05, 3.63) is 24.3 Å². The van der Waals surface area contributed by atoms with Gasteiger partial charge in [-0.1, -0.05) is 19.1 Å². The Morgan fingerprint density at radius 1 is 1.22 bits per heavy atom. The molecular formula is C13H18N4O. The fourth-order valence-corrected chi connectivity index (χ4v) is 1.70. The summed E-state index contributed by atoms with van der Waals surface area (Å²) in [6.07, 6.45) is 1.97. The minimum absolute atomic E-state index is 0.244. The van der Waals surface area contributed by atoms with Crippen LogP contribution in [0.1, 0.15) is 19.8 Å². The molecule has 0 radical (unpaired) electrons. The lowest BCUT2D eigenvalue weighted by atomic mass is 10.1. The molecule has 0 saturated carbocycles. The van der Waals surface area contributed by atoms with Crippen molar-refractivity contribution in [2.24, 2.45) is 5.92 Å². The predicted molar refractivity (Wildman–Crippen MR) is 71.3 cm³/mol. The van der Waals surface area contributed by atoms with Gasteiger partial charge in [0.1, 0.15) is 5.52 Å². The third-order valence-electron chi connectivity index (χ3n) is 2.83. The highest BCUT2D eigenvalue weighted by Crippen LogP contribution is 2.09. The van der Waals surface area contributed by atoms with Crippen LogP contribution in [-0.2, 0) is 0 Å². The first-order valence-electron chi connectivity index (χ1n) is 6.24. The highest BCUT2D eigenvalue weighted by atomic mass is 16.3. The summed E-state index contributed by atoms with van der Waals surface area (Å²) in [5, 5.41) is 20.2. The van der Waals surface area contributed by atoms with E-state index in [4.69, 9.17) is 5.11 Å². The number of nitrogens with zero attached hydrogens (tertiary/aromatic N) is 3. The molecule has 2 rings (SSSR count). The van der Waals surface area contributed by atoms with Crippen LogP contribution in [0.4, 0.5) is 5.95 Å². The molecule has 5 heteroatoms. The van der Waals surface area contributed by atoms with Gasteiger partial charge in [0.15, 0.2) is 0 Å². The van der Waals surface area contributed by atoms with Gasteiger partial charge < -0.3 is 10.4 Å². The molecule has 0 aliphatic rings. The van der Waals surface area contributed by atoms with E-state index in [1.165, 1.54) is 0 Å². The monoisotopic (exact) mass is 246 g/mol. The summed E-state index contributed by atoms with van der Waals surface area (Å²) >= 11 is 0. The van der Waals surface area contributed by atoms with Crippen molar-refractivity contribution in [2.75, 3.05) is 18.5 Å². The summed E-state index contributed by atoms with van der Waals surface area (Å²) in [7, 11) is 0. The van der Waals surface area contributed by atoms with Crippen LogP contribution in [0.15, 0.2) is 24.3 Å². The van der Waals surface area contributed by atoms with Gasteiger partial charge in [-0.05, 0) is 30.9 Å². The maximum absolute atomic E-state index is 8.91. The van der Waals surface area contributed by atoms with Crippen molar-refractivity contribution < 1.29 is 5.11 Å². The van der Waals surface area contributed by atoms with Crippen molar-refractivity contribution in [3.63, 3.8) is 0 Å². The first-order chi connectivity index (χ1) is 8.79. The molecule has 0 amide bonds. The summed E-state index contributed by atoms with van der Waals surface area (Å²) in [6.45, 7) is 3.08. The van der Waals surface area contributed by atoms with Crippen molar-refractivity contribution in [3.8, 4) is 0 Å². The first kappa shape index (κ1) is 12.7. The molecule has 96 valence electrons. The third kappa shape index (κ3) is 3.37. The minimum atomic E-state index is 0.244. The Balaban J connectivity index is 1.88. The van der Waals surface area contributed by atoms with Crippen LogP contribution in [0, 0.1) is 5.92 Å². The van der Waals surface area contributed by atoms with E-state index in [0.29, 0.717) is 11.9 Å². The number of fused-ring (bicyclic) bond motifs is 1. The second-order valence-electron chi connectivity index (χ2n) is 4.48. The van der Waals surface area contributed by atoms with Crippen molar-refractivity contribution in [1.82, 2.24) is 15.2 Å². The number of para-hydroxylation sites is 1. The van der Waals surface area contributed by atoms with Gasteiger partial charge in [-0.2, -0.15) is 0 Å².